The second-order valence-electron chi connectivity index (χ2n) is 8.10. The summed E-state index contributed by atoms with van der Waals surface area (Å²) in [6.07, 6.45) is -4.64. The van der Waals surface area contributed by atoms with Crippen LogP contribution in [0.15, 0.2) is 52.6 Å². The van der Waals surface area contributed by atoms with Crippen LogP contribution in [0.25, 0.3) is 16.5 Å². The first-order valence-electron chi connectivity index (χ1n) is 11.5. The molecule has 0 fully saturated rings. The summed E-state index contributed by atoms with van der Waals surface area (Å²) in [5.74, 6) is -0.354. The third kappa shape index (κ3) is 5.72. The van der Waals surface area contributed by atoms with Gasteiger partial charge < -0.3 is 19.5 Å². The molecule has 0 saturated heterocycles. The number of ether oxygens (including phenoxy) is 3. The van der Waals surface area contributed by atoms with Crippen LogP contribution in [0, 0.1) is 0 Å². The molecule has 39 heavy (non-hydrogen) atoms. The zero-order valence-corrected chi connectivity index (χ0v) is 21.7. The molecule has 1 amide bonds. The van der Waals surface area contributed by atoms with E-state index < -0.39 is 29.2 Å². The molecule has 0 bridgehead atoms. The van der Waals surface area contributed by atoms with Crippen molar-refractivity contribution < 1.29 is 37.0 Å². The molecular formula is C26H22F3N3O6S. The van der Waals surface area contributed by atoms with Crippen LogP contribution in [0.3, 0.4) is 0 Å². The minimum atomic E-state index is -4.57. The SMILES string of the molecule is CCOC(=O)c1nn(-c2ccc(C(F)(F)F)cc2)c(=O)c2c(NC(=O)Cc3ccc(OC)c(OC)c3)scc12. The van der Waals surface area contributed by atoms with Gasteiger partial charge in [-0.15, -0.1) is 11.3 Å². The van der Waals surface area contributed by atoms with Crippen LogP contribution in [0.2, 0.25) is 0 Å². The lowest BCUT2D eigenvalue weighted by Crippen LogP contribution is -2.26. The molecule has 0 spiro atoms. The number of halogens is 3. The Kier molecular flexibility index (Phi) is 7.90. The summed E-state index contributed by atoms with van der Waals surface area (Å²) in [6.45, 7) is 1.62. The third-order valence-electron chi connectivity index (χ3n) is 5.63. The fourth-order valence-corrected chi connectivity index (χ4v) is 4.76. The van der Waals surface area contributed by atoms with Gasteiger partial charge in [0.15, 0.2) is 17.2 Å². The van der Waals surface area contributed by atoms with E-state index in [1.165, 1.54) is 19.6 Å². The molecule has 0 aliphatic carbocycles. The lowest BCUT2D eigenvalue weighted by atomic mass is 10.1. The van der Waals surface area contributed by atoms with Gasteiger partial charge in [0.2, 0.25) is 5.91 Å². The summed E-state index contributed by atoms with van der Waals surface area (Å²) < 4.78 is 55.5. The average molecular weight is 562 g/mol. The van der Waals surface area contributed by atoms with Crippen LogP contribution in [0.1, 0.15) is 28.5 Å². The zero-order valence-electron chi connectivity index (χ0n) is 20.9. The Bertz CT molecular complexity index is 1600. The largest absolute Gasteiger partial charge is 0.493 e. The molecule has 4 rings (SSSR count). The Morgan fingerprint density at radius 3 is 2.36 bits per heavy atom. The summed E-state index contributed by atoms with van der Waals surface area (Å²) in [5.41, 5.74) is -1.26. The fourth-order valence-electron chi connectivity index (χ4n) is 3.81. The smallest absolute Gasteiger partial charge is 0.416 e. The number of methoxy groups -OCH3 is 2. The predicted octanol–water partition coefficient (Wildman–Crippen LogP) is 4.84. The minimum Gasteiger partial charge on any atom is -0.493 e. The van der Waals surface area contributed by atoms with Gasteiger partial charge in [-0.1, -0.05) is 6.07 Å². The predicted molar refractivity (Wildman–Crippen MR) is 138 cm³/mol. The monoisotopic (exact) mass is 561 g/mol. The molecule has 2 aromatic carbocycles. The first-order chi connectivity index (χ1) is 18.6. The number of aromatic nitrogens is 2. The lowest BCUT2D eigenvalue weighted by molar-refractivity contribution is -0.137. The number of hydrogen-bond donors (Lipinski definition) is 1. The second-order valence-corrected chi connectivity index (χ2v) is 8.98. The maximum atomic E-state index is 13.5. The van der Waals surface area contributed by atoms with Crippen LogP contribution in [0.5, 0.6) is 11.5 Å². The molecular weight excluding hydrogens is 539 g/mol. The Balaban J connectivity index is 1.75. The van der Waals surface area contributed by atoms with Crippen molar-refractivity contribution in [1.82, 2.24) is 9.78 Å². The molecule has 0 atom stereocenters. The molecule has 2 aromatic heterocycles. The summed E-state index contributed by atoms with van der Waals surface area (Å²) in [7, 11) is 2.96. The number of hydrogen-bond acceptors (Lipinski definition) is 8. The maximum absolute atomic E-state index is 13.5. The third-order valence-corrected chi connectivity index (χ3v) is 6.52. The molecule has 13 heteroatoms. The molecule has 4 aromatic rings. The van der Waals surface area contributed by atoms with Gasteiger partial charge in [0.25, 0.3) is 5.56 Å². The van der Waals surface area contributed by atoms with Gasteiger partial charge in [0, 0.05) is 10.8 Å². The molecule has 9 nitrogen and oxygen atoms in total. The average Bonchev–Trinajstić information content (AvgIpc) is 3.32. The number of carbonyl (C=O) groups excluding carboxylic acids is 2. The van der Waals surface area contributed by atoms with Crippen molar-refractivity contribution in [2.24, 2.45) is 0 Å². The van der Waals surface area contributed by atoms with Gasteiger partial charge in [-0.3, -0.25) is 9.59 Å². The number of anilines is 1. The number of alkyl halides is 3. The quantitative estimate of drug-likeness (QED) is 0.307. The van der Waals surface area contributed by atoms with Crippen LogP contribution in [0.4, 0.5) is 18.2 Å². The number of nitrogens with zero attached hydrogens (tertiary/aromatic N) is 2. The van der Waals surface area contributed by atoms with E-state index in [0.717, 1.165) is 40.3 Å². The van der Waals surface area contributed by atoms with Crippen molar-refractivity contribution in [2.45, 2.75) is 19.5 Å². The maximum Gasteiger partial charge on any atom is 0.416 e. The molecule has 0 aliphatic rings. The van der Waals surface area contributed by atoms with Crippen LogP contribution in [-0.4, -0.2) is 42.5 Å². The van der Waals surface area contributed by atoms with Gasteiger partial charge in [-0.2, -0.15) is 23.0 Å². The number of fused-ring (bicyclic) bond motifs is 1. The van der Waals surface area contributed by atoms with E-state index in [9.17, 15) is 27.6 Å². The van der Waals surface area contributed by atoms with Gasteiger partial charge in [0.1, 0.15) is 5.00 Å². The first-order valence-corrected chi connectivity index (χ1v) is 12.3. The normalized spacial score (nSPS) is 11.3. The van der Waals surface area contributed by atoms with Crippen LogP contribution in [-0.2, 0) is 22.1 Å². The van der Waals surface area contributed by atoms with E-state index in [1.807, 2.05) is 0 Å². The Morgan fingerprint density at radius 2 is 1.74 bits per heavy atom. The zero-order chi connectivity index (χ0) is 28.3. The number of amides is 1. The number of benzene rings is 2. The van der Waals surface area contributed by atoms with Gasteiger partial charge in [-0.25, -0.2) is 4.79 Å². The Labute approximate surface area is 223 Å². The van der Waals surface area contributed by atoms with Crippen molar-refractivity contribution in [3.8, 4) is 17.2 Å². The highest BCUT2D eigenvalue weighted by Gasteiger charge is 2.30. The Hall–Kier alpha value is -4.39. The lowest BCUT2D eigenvalue weighted by Gasteiger charge is -2.12. The first kappa shape index (κ1) is 27.6. The number of thiophene rings is 1. The molecule has 1 N–H and O–H groups in total. The molecule has 204 valence electrons. The number of rotatable bonds is 8. The Morgan fingerprint density at radius 1 is 1.05 bits per heavy atom. The molecule has 0 aliphatic heterocycles. The number of nitrogens with one attached hydrogen (secondary N) is 1. The van der Waals surface area contributed by atoms with Crippen molar-refractivity contribution in [3.05, 3.63) is 75.0 Å². The highest BCUT2D eigenvalue weighted by molar-refractivity contribution is 7.16. The molecule has 0 radical (unpaired) electrons. The van der Waals surface area contributed by atoms with E-state index in [-0.39, 0.29) is 40.2 Å². The van der Waals surface area contributed by atoms with Crippen molar-refractivity contribution in [2.75, 3.05) is 26.1 Å². The van der Waals surface area contributed by atoms with Crippen molar-refractivity contribution >= 4 is 39.0 Å². The van der Waals surface area contributed by atoms with E-state index in [4.69, 9.17) is 14.2 Å². The minimum absolute atomic E-state index is 0.00532. The van der Waals surface area contributed by atoms with Gasteiger partial charge in [0.05, 0.1) is 43.9 Å². The number of carbonyl (C=O) groups is 2. The van der Waals surface area contributed by atoms with Crippen LogP contribution >= 0.6 is 11.3 Å². The van der Waals surface area contributed by atoms with E-state index in [1.54, 1.807) is 25.1 Å². The summed E-state index contributed by atoms with van der Waals surface area (Å²) in [5, 5.41) is 8.53. The van der Waals surface area contributed by atoms with E-state index in [2.05, 4.69) is 10.4 Å². The van der Waals surface area contributed by atoms with Crippen molar-refractivity contribution in [1.29, 1.82) is 0 Å². The fraction of sp³-hybridized carbons (Fsp3) is 0.231. The van der Waals surface area contributed by atoms with Gasteiger partial charge in [-0.05, 0) is 48.9 Å². The second kappa shape index (κ2) is 11.2. The highest BCUT2D eigenvalue weighted by atomic mass is 32.1. The van der Waals surface area contributed by atoms with E-state index >= 15 is 0 Å². The topological polar surface area (TPSA) is 109 Å². The molecule has 0 unspecified atom stereocenters. The van der Waals surface area contributed by atoms with Gasteiger partial charge >= 0.3 is 12.1 Å². The highest BCUT2D eigenvalue weighted by Crippen LogP contribution is 2.33. The summed E-state index contributed by atoms with van der Waals surface area (Å²) in [4.78, 5) is 39.0. The standard InChI is InChI=1S/C26H22F3N3O6S/c1-4-38-25(35)22-17-13-39-23(30-20(33)12-14-5-10-18(36-2)19(11-14)37-3)21(17)24(34)32(31-22)16-8-6-15(7-9-16)26(27,28)29/h5-11,13H,4,12H2,1-3H3,(H,30,33). The molecule has 0 saturated carbocycles. The number of esters is 1. The molecule has 2 heterocycles. The summed E-state index contributed by atoms with van der Waals surface area (Å²) >= 11 is 1.00. The van der Waals surface area contributed by atoms with Crippen LogP contribution < -0.4 is 20.3 Å². The van der Waals surface area contributed by atoms with Crippen molar-refractivity contribution in [3.63, 3.8) is 0 Å². The summed E-state index contributed by atoms with van der Waals surface area (Å²) in [6, 6.07) is 8.73. The van der Waals surface area contributed by atoms with E-state index in [0.29, 0.717) is 17.1 Å².